The molecule has 2 aromatic carbocycles. The van der Waals surface area contributed by atoms with Gasteiger partial charge in [0.2, 0.25) is 0 Å². The Morgan fingerprint density at radius 2 is 1.83 bits per heavy atom. The first kappa shape index (κ1) is 12.7. The Kier molecular flexibility index (Phi) is 4.40. The topological polar surface area (TPSA) is 29.5 Å². The van der Waals surface area contributed by atoms with Gasteiger partial charge < -0.3 is 9.84 Å². The lowest BCUT2D eigenvalue weighted by Gasteiger charge is -2.05. The smallest absolute Gasteiger partial charge is 0.128 e. The summed E-state index contributed by atoms with van der Waals surface area (Å²) in [4.78, 5) is 0. The highest BCUT2D eigenvalue weighted by Gasteiger charge is 1.97. The molecule has 18 heavy (non-hydrogen) atoms. The van der Waals surface area contributed by atoms with Crippen molar-refractivity contribution in [1.29, 1.82) is 0 Å². The highest BCUT2D eigenvalue weighted by atomic mass is 79.9. The number of benzene rings is 2. The molecule has 2 rings (SSSR count). The van der Waals surface area contributed by atoms with E-state index in [0.717, 1.165) is 21.5 Å². The summed E-state index contributed by atoms with van der Waals surface area (Å²) in [5, 5.41) is 8.60. The normalized spacial score (nSPS) is 9.44. The molecule has 0 spiro atoms. The average molecular weight is 303 g/mol. The SMILES string of the molecule is OCC#Cc1ccc(Oc2cccc(Br)c2)cc1. The maximum absolute atomic E-state index is 8.60. The fourth-order valence-corrected chi connectivity index (χ4v) is 1.79. The van der Waals surface area contributed by atoms with Crippen LogP contribution in [-0.2, 0) is 0 Å². The quantitative estimate of drug-likeness (QED) is 0.859. The van der Waals surface area contributed by atoms with E-state index in [1.165, 1.54) is 0 Å². The van der Waals surface area contributed by atoms with E-state index in [1.54, 1.807) is 0 Å². The van der Waals surface area contributed by atoms with Crippen molar-refractivity contribution in [1.82, 2.24) is 0 Å². The third-order valence-corrected chi connectivity index (χ3v) is 2.69. The fourth-order valence-electron chi connectivity index (χ4n) is 1.41. The van der Waals surface area contributed by atoms with E-state index in [1.807, 2.05) is 48.5 Å². The van der Waals surface area contributed by atoms with Crippen molar-refractivity contribution in [2.75, 3.05) is 6.61 Å². The summed E-state index contributed by atoms with van der Waals surface area (Å²) in [6.45, 7) is -0.129. The predicted octanol–water partition coefficient (Wildman–Crippen LogP) is 3.59. The van der Waals surface area contributed by atoms with Crippen molar-refractivity contribution in [3.8, 4) is 23.3 Å². The molecular weight excluding hydrogens is 292 g/mol. The first-order chi connectivity index (χ1) is 8.78. The molecule has 0 aliphatic carbocycles. The Morgan fingerprint density at radius 3 is 2.50 bits per heavy atom. The molecule has 0 bridgehead atoms. The van der Waals surface area contributed by atoms with Gasteiger partial charge in [0.15, 0.2) is 0 Å². The minimum atomic E-state index is -0.129. The zero-order valence-corrected chi connectivity index (χ0v) is 11.1. The van der Waals surface area contributed by atoms with E-state index in [2.05, 4.69) is 27.8 Å². The lowest BCUT2D eigenvalue weighted by Crippen LogP contribution is -1.84. The summed E-state index contributed by atoms with van der Waals surface area (Å²) in [5.74, 6) is 6.96. The van der Waals surface area contributed by atoms with Crippen LogP contribution in [0.5, 0.6) is 11.5 Å². The summed E-state index contributed by atoms with van der Waals surface area (Å²) in [6, 6.07) is 15.1. The maximum atomic E-state index is 8.60. The van der Waals surface area contributed by atoms with Crippen LogP contribution in [0.4, 0.5) is 0 Å². The number of aliphatic hydroxyl groups is 1. The van der Waals surface area contributed by atoms with E-state index in [0.29, 0.717) is 0 Å². The first-order valence-corrected chi connectivity index (χ1v) is 6.20. The van der Waals surface area contributed by atoms with Crippen LogP contribution in [-0.4, -0.2) is 11.7 Å². The highest BCUT2D eigenvalue weighted by molar-refractivity contribution is 9.10. The molecule has 90 valence electrons. The summed E-state index contributed by atoms with van der Waals surface area (Å²) in [7, 11) is 0. The second kappa shape index (κ2) is 6.25. The molecule has 1 N–H and O–H groups in total. The third kappa shape index (κ3) is 3.63. The van der Waals surface area contributed by atoms with Gasteiger partial charge in [0.05, 0.1) is 0 Å². The van der Waals surface area contributed by atoms with Gasteiger partial charge in [-0.05, 0) is 42.5 Å². The van der Waals surface area contributed by atoms with E-state index >= 15 is 0 Å². The van der Waals surface area contributed by atoms with E-state index in [9.17, 15) is 0 Å². The van der Waals surface area contributed by atoms with Crippen LogP contribution in [0.25, 0.3) is 0 Å². The average Bonchev–Trinajstić information content (AvgIpc) is 2.38. The van der Waals surface area contributed by atoms with Crippen LogP contribution >= 0.6 is 15.9 Å². The Hall–Kier alpha value is -1.76. The van der Waals surface area contributed by atoms with Crippen molar-refractivity contribution in [3.63, 3.8) is 0 Å². The van der Waals surface area contributed by atoms with Gasteiger partial charge in [0, 0.05) is 10.0 Å². The number of hydrogen-bond acceptors (Lipinski definition) is 2. The first-order valence-electron chi connectivity index (χ1n) is 5.41. The summed E-state index contributed by atoms with van der Waals surface area (Å²) in [6.07, 6.45) is 0. The molecule has 3 heteroatoms. The monoisotopic (exact) mass is 302 g/mol. The molecule has 2 aromatic rings. The van der Waals surface area contributed by atoms with Crippen molar-refractivity contribution < 1.29 is 9.84 Å². The summed E-state index contributed by atoms with van der Waals surface area (Å²) in [5.41, 5.74) is 0.852. The van der Waals surface area contributed by atoms with Crippen LogP contribution in [0, 0.1) is 11.8 Å². The molecule has 0 fully saturated rings. The highest BCUT2D eigenvalue weighted by Crippen LogP contribution is 2.24. The molecule has 0 heterocycles. The standard InChI is InChI=1S/C15H11BrO2/c16-13-4-1-5-15(11-13)18-14-8-6-12(7-9-14)3-2-10-17/h1,4-9,11,17H,10H2. The van der Waals surface area contributed by atoms with Crippen LogP contribution in [0.15, 0.2) is 53.0 Å². The van der Waals surface area contributed by atoms with Crippen LogP contribution in [0.1, 0.15) is 5.56 Å². The van der Waals surface area contributed by atoms with Crippen molar-refractivity contribution in [2.45, 2.75) is 0 Å². The molecule has 0 radical (unpaired) electrons. The van der Waals surface area contributed by atoms with Crippen molar-refractivity contribution >= 4 is 15.9 Å². The molecule has 0 atom stereocenters. The second-order valence-electron chi connectivity index (χ2n) is 3.54. The van der Waals surface area contributed by atoms with E-state index < -0.39 is 0 Å². The zero-order chi connectivity index (χ0) is 12.8. The van der Waals surface area contributed by atoms with Crippen molar-refractivity contribution in [3.05, 3.63) is 58.6 Å². The third-order valence-electron chi connectivity index (χ3n) is 2.20. The Morgan fingerprint density at radius 1 is 1.06 bits per heavy atom. The lowest BCUT2D eigenvalue weighted by molar-refractivity contribution is 0.350. The second-order valence-corrected chi connectivity index (χ2v) is 4.46. The van der Waals surface area contributed by atoms with Gasteiger partial charge in [-0.3, -0.25) is 0 Å². The number of rotatable bonds is 2. The fraction of sp³-hybridized carbons (Fsp3) is 0.0667. The summed E-state index contributed by atoms with van der Waals surface area (Å²) < 4.78 is 6.67. The van der Waals surface area contributed by atoms with Crippen LogP contribution in [0.3, 0.4) is 0 Å². The zero-order valence-electron chi connectivity index (χ0n) is 9.56. The molecule has 0 aliphatic heterocycles. The molecule has 2 nitrogen and oxygen atoms in total. The van der Waals surface area contributed by atoms with Gasteiger partial charge in [-0.25, -0.2) is 0 Å². The van der Waals surface area contributed by atoms with Gasteiger partial charge in [-0.1, -0.05) is 33.8 Å². The lowest BCUT2D eigenvalue weighted by atomic mass is 10.2. The molecule has 0 amide bonds. The van der Waals surface area contributed by atoms with Gasteiger partial charge in [-0.2, -0.15) is 0 Å². The predicted molar refractivity (Wildman–Crippen MR) is 74.6 cm³/mol. The Labute approximate surface area is 114 Å². The molecule has 0 saturated heterocycles. The van der Waals surface area contributed by atoms with E-state index in [-0.39, 0.29) is 6.61 Å². The molecule has 0 unspecified atom stereocenters. The molecule has 0 aliphatic rings. The molecule has 0 aromatic heterocycles. The van der Waals surface area contributed by atoms with Crippen LogP contribution in [0.2, 0.25) is 0 Å². The maximum Gasteiger partial charge on any atom is 0.128 e. The Bertz CT molecular complexity index is 579. The van der Waals surface area contributed by atoms with E-state index in [4.69, 9.17) is 9.84 Å². The number of halogens is 1. The van der Waals surface area contributed by atoms with Gasteiger partial charge in [-0.15, -0.1) is 0 Å². The molecule has 0 saturated carbocycles. The number of aliphatic hydroxyl groups excluding tert-OH is 1. The number of ether oxygens (including phenoxy) is 1. The summed E-state index contributed by atoms with van der Waals surface area (Å²) >= 11 is 3.39. The molecular formula is C15H11BrO2. The number of hydrogen-bond donors (Lipinski definition) is 1. The van der Waals surface area contributed by atoms with Gasteiger partial charge in [0.25, 0.3) is 0 Å². The largest absolute Gasteiger partial charge is 0.457 e. The van der Waals surface area contributed by atoms with Crippen LogP contribution < -0.4 is 4.74 Å². The Balaban J connectivity index is 2.11. The van der Waals surface area contributed by atoms with Gasteiger partial charge >= 0.3 is 0 Å². The minimum absolute atomic E-state index is 0.129. The van der Waals surface area contributed by atoms with Gasteiger partial charge in [0.1, 0.15) is 18.1 Å². The van der Waals surface area contributed by atoms with Crippen molar-refractivity contribution in [2.24, 2.45) is 0 Å². The minimum Gasteiger partial charge on any atom is -0.457 e.